The van der Waals surface area contributed by atoms with E-state index in [1.54, 1.807) is 0 Å². The largest absolute Gasteiger partial charge is 0.370 e. The molecule has 5 atom stereocenters. The van der Waals surface area contributed by atoms with Gasteiger partial charge in [0.25, 0.3) is 0 Å². The van der Waals surface area contributed by atoms with E-state index in [2.05, 4.69) is 31.2 Å². The van der Waals surface area contributed by atoms with E-state index in [0.717, 1.165) is 36.7 Å². The summed E-state index contributed by atoms with van der Waals surface area (Å²) in [7, 11) is 0. The van der Waals surface area contributed by atoms with Crippen LogP contribution < -0.4 is 0 Å². The van der Waals surface area contributed by atoms with Crippen LogP contribution >= 0.6 is 0 Å². The van der Waals surface area contributed by atoms with Crippen LogP contribution in [-0.4, -0.2) is 30.7 Å². The predicted molar refractivity (Wildman–Crippen MR) is 123 cm³/mol. The Morgan fingerprint density at radius 3 is 2.00 bits per heavy atom. The Morgan fingerprint density at radius 1 is 0.871 bits per heavy atom. The molecule has 4 heteroatoms. The number of rotatable bonds is 11. The molecule has 0 radical (unpaired) electrons. The molecule has 0 amide bonds. The summed E-state index contributed by atoms with van der Waals surface area (Å²) in [4.78, 5) is 11.8. The summed E-state index contributed by atoms with van der Waals surface area (Å²) in [6, 6.07) is 20.2. The van der Waals surface area contributed by atoms with E-state index < -0.39 is 6.10 Å². The lowest BCUT2D eigenvalue weighted by Gasteiger charge is -2.44. The van der Waals surface area contributed by atoms with Gasteiger partial charge < -0.3 is 19.0 Å². The van der Waals surface area contributed by atoms with Gasteiger partial charge in [-0.3, -0.25) is 0 Å². The van der Waals surface area contributed by atoms with E-state index in [0.29, 0.717) is 13.2 Å². The second-order valence-electron chi connectivity index (χ2n) is 8.11. The van der Waals surface area contributed by atoms with Crippen molar-refractivity contribution < 1.29 is 19.0 Å². The molecule has 4 nitrogen and oxygen atoms in total. The Balaban J connectivity index is 1.77. The minimum atomic E-state index is -0.488. The van der Waals surface area contributed by atoms with E-state index in [1.807, 2.05) is 55.5 Å². The van der Waals surface area contributed by atoms with Crippen LogP contribution in [-0.2, 0) is 32.2 Å². The maximum Gasteiger partial charge on any atom is 0.149 e. The van der Waals surface area contributed by atoms with Crippen molar-refractivity contribution in [3.8, 4) is 0 Å². The Labute approximate surface area is 186 Å². The molecule has 1 aliphatic rings. The normalized spacial score (nSPS) is 26.2. The molecule has 0 N–H and O–H groups in total. The second kappa shape index (κ2) is 12.6. The van der Waals surface area contributed by atoms with Crippen LogP contribution in [0, 0.1) is 5.92 Å². The fourth-order valence-electron chi connectivity index (χ4n) is 4.02. The highest BCUT2D eigenvalue weighted by atomic mass is 16.6. The monoisotopic (exact) mass is 422 g/mol. The summed E-state index contributed by atoms with van der Waals surface area (Å²) in [5, 5.41) is 0. The van der Waals surface area contributed by atoms with Gasteiger partial charge in [-0.2, -0.15) is 0 Å². The summed E-state index contributed by atoms with van der Waals surface area (Å²) in [5.74, 6) is -0.0931. The average Bonchev–Trinajstić information content (AvgIpc) is 2.82. The van der Waals surface area contributed by atoms with Gasteiger partial charge in [-0.1, -0.05) is 86.7 Å². The van der Waals surface area contributed by atoms with Gasteiger partial charge in [-0.25, -0.2) is 0 Å². The maximum atomic E-state index is 11.8. The van der Waals surface area contributed by atoms with E-state index >= 15 is 0 Å². The van der Waals surface area contributed by atoms with Gasteiger partial charge in [-0.05, 0) is 30.4 Å². The van der Waals surface area contributed by atoms with Crippen molar-refractivity contribution >= 4 is 6.29 Å². The Kier molecular flexibility index (Phi) is 9.47. The third-order valence-electron chi connectivity index (χ3n) is 5.78. The zero-order valence-corrected chi connectivity index (χ0v) is 18.6. The number of allylic oxidation sites excluding steroid dienone is 2. The van der Waals surface area contributed by atoms with Gasteiger partial charge in [0.15, 0.2) is 0 Å². The lowest BCUT2D eigenvalue weighted by Crippen LogP contribution is -2.56. The summed E-state index contributed by atoms with van der Waals surface area (Å²) >= 11 is 0. The van der Waals surface area contributed by atoms with Crippen LogP contribution in [0.5, 0.6) is 0 Å². The van der Waals surface area contributed by atoms with E-state index in [4.69, 9.17) is 14.2 Å². The zero-order chi connectivity index (χ0) is 21.9. The molecule has 0 aliphatic carbocycles. The molecule has 2 aromatic rings. The third kappa shape index (κ3) is 6.86. The Morgan fingerprint density at radius 2 is 1.45 bits per heavy atom. The van der Waals surface area contributed by atoms with Crippen molar-refractivity contribution in [3.63, 3.8) is 0 Å². The number of carbonyl (C=O) groups is 1. The quantitative estimate of drug-likeness (QED) is 0.354. The van der Waals surface area contributed by atoms with Crippen molar-refractivity contribution in [2.45, 2.75) is 70.7 Å². The topological polar surface area (TPSA) is 44.8 Å². The minimum absolute atomic E-state index is 0.0931. The van der Waals surface area contributed by atoms with Crippen molar-refractivity contribution in [3.05, 3.63) is 83.9 Å². The molecule has 0 bridgehead atoms. The molecule has 2 aromatic carbocycles. The molecular formula is C27H34O4. The first-order chi connectivity index (χ1) is 15.2. The van der Waals surface area contributed by atoms with E-state index in [1.165, 1.54) is 0 Å². The highest BCUT2D eigenvalue weighted by molar-refractivity contribution is 5.57. The van der Waals surface area contributed by atoms with Crippen molar-refractivity contribution in [1.29, 1.82) is 0 Å². The van der Waals surface area contributed by atoms with Crippen molar-refractivity contribution in [1.82, 2.24) is 0 Å². The lowest BCUT2D eigenvalue weighted by atomic mass is 9.86. The molecule has 0 aromatic heterocycles. The number of hydrogen-bond donors (Lipinski definition) is 0. The highest BCUT2D eigenvalue weighted by Gasteiger charge is 2.44. The van der Waals surface area contributed by atoms with Crippen LogP contribution in [0.2, 0.25) is 0 Å². The van der Waals surface area contributed by atoms with Crippen LogP contribution in [0.1, 0.15) is 44.2 Å². The number of benzene rings is 2. The maximum absolute atomic E-state index is 11.8. The highest BCUT2D eigenvalue weighted by Crippen LogP contribution is 2.33. The van der Waals surface area contributed by atoms with E-state index in [-0.39, 0.29) is 24.2 Å². The number of hydrogen-bond acceptors (Lipinski definition) is 4. The van der Waals surface area contributed by atoms with Crippen molar-refractivity contribution in [2.24, 2.45) is 5.92 Å². The standard InChI is InChI=1S/C27H34O4/c1-3-4-5-12-17-24-27(30-20-23-15-10-7-11-16-23)26(21(2)25(18-28)31-24)29-19-22-13-8-6-9-14-22/h4-11,13-16,18,21,24-27H,3,12,17,19-20H2,1-2H3/b5-4-/t21-,24+,25-,26+,27+/m0/s1. The first kappa shape index (κ1) is 23.4. The lowest BCUT2D eigenvalue weighted by molar-refractivity contribution is -0.226. The molecular weight excluding hydrogens is 388 g/mol. The molecule has 31 heavy (non-hydrogen) atoms. The zero-order valence-electron chi connectivity index (χ0n) is 18.6. The predicted octanol–water partition coefficient (Wildman–Crippen LogP) is 5.51. The molecule has 0 unspecified atom stereocenters. The van der Waals surface area contributed by atoms with Gasteiger partial charge in [0.05, 0.1) is 25.4 Å². The van der Waals surface area contributed by atoms with Crippen LogP contribution in [0.4, 0.5) is 0 Å². The summed E-state index contributed by atoms with van der Waals surface area (Å²) in [6.45, 7) is 5.10. The number of ether oxygens (including phenoxy) is 3. The molecule has 1 fully saturated rings. The van der Waals surface area contributed by atoms with Gasteiger partial charge in [0.1, 0.15) is 18.5 Å². The van der Waals surface area contributed by atoms with Gasteiger partial charge in [0, 0.05) is 5.92 Å². The number of aldehydes is 1. The molecule has 1 aliphatic heterocycles. The summed E-state index contributed by atoms with van der Waals surface area (Å²) in [6.07, 6.45) is 6.76. The fourth-order valence-corrected chi connectivity index (χ4v) is 4.02. The first-order valence-electron chi connectivity index (χ1n) is 11.3. The first-order valence-corrected chi connectivity index (χ1v) is 11.3. The second-order valence-corrected chi connectivity index (χ2v) is 8.11. The molecule has 3 rings (SSSR count). The molecule has 1 saturated heterocycles. The Hall–Kier alpha value is -2.27. The van der Waals surface area contributed by atoms with Crippen LogP contribution in [0.3, 0.4) is 0 Å². The average molecular weight is 423 g/mol. The van der Waals surface area contributed by atoms with Gasteiger partial charge in [0.2, 0.25) is 0 Å². The molecule has 0 saturated carbocycles. The Bertz CT molecular complexity index is 789. The smallest absolute Gasteiger partial charge is 0.149 e. The minimum Gasteiger partial charge on any atom is -0.370 e. The summed E-state index contributed by atoms with van der Waals surface area (Å²) < 4.78 is 19.0. The van der Waals surface area contributed by atoms with Gasteiger partial charge in [-0.15, -0.1) is 0 Å². The molecule has 166 valence electrons. The van der Waals surface area contributed by atoms with Crippen molar-refractivity contribution in [2.75, 3.05) is 0 Å². The summed E-state index contributed by atoms with van der Waals surface area (Å²) in [5.41, 5.74) is 2.21. The van der Waals surface area contributed by atoms with Gasteiger partial charge >= 0.3 is 0 Å². The fraction of sp³-hybridized carbons (Fsp3) is 0.444. The molecule has 0 spiro atoms. The third-order valence-corrected chi connectivity index (χ3v) is 5.78. The molecule has 1 heterocycles. The van der Waals surface area contributed by atoms with E-state index in [9.17, 15) is 4.79 Å². The van der Waals surface area contributed by atoms with Crippen LogP contribution in [0.15, 0.2) is 72.8 Å². The van der Waals surface area contributed by atoms with Crippen LogP contribution in [0.25, 0.3) is 0 Å². The number of carbonyl (C=O) groups excluding carboxylic acids is 1. The SMILES string of the molecule is CC/C=C\CC[C@H]1O[C@@H](C=O)[C@H](C)[C@@H](OCc2ccccc2)[C@@H]1OCc1ccccc1.